The summed E-state index contributed by atoms with van der Waals surface area (Å²) in [6, 6.07) is 15.6. The van der Waals surface area contributed by atoms with Crippen molar-refractivity contribution >= 4 is 23.4 Å². The Balaban J connectivity index is 2.18. The molecular weight excluding hydrogens is 240 g/mol. The van der Waals surface area contributed by atoms with Crippen LogP contribution in [0.25, 0.3) is 0 Å². The van der Waals surface area contributed by atoms with Crippen LogP contribution in [0.15, 0.2) is 58.3 Å². The Morgan fingerprint density at radius 3 is 2.31 bits per heavy atom. The van der Waals surface area contributed by atoms with Gasteiger partial charge >= 0.3 is 0 Å². The van der Waals surface area contributed by atoms with Gasteiger partial charge in [0.2, 0.25) is 0 Å². The molecule has 2 rings (SSSR count). The van der Waals surface area contributed by atoms with Gasteiger partial charge in [-0.2, -0.15) is 0 Å². The first kappa shape index (κ1) is 11.5. The largest absolute Gasteiger partial charge is 0.392 e. The van der Waals surface area contributed by atoms with E-state index in [1.165, 1.54) is 0 Å². The summed E-state index contributed by atoms with van der Waals surface area (Å²) in [5.74, 6) is 0. The Bertz CT molecular complexity index is 468. The number of halogens is 1. The van der Waals surface area contributed by atoms with Gasteiger partial charge in [0.25, 0.3) is 0 Å². The monoisotopic (exact) mass is 250 g/mol. The van der Waals surface area contributed by atoms with Crippen molar-refractivity contribution < 1.29 is 5.11 Å². The molecule has 2 aromatic rings. The van der Waals surface area contributed by atoms with Crippen LogP contribution in [0.4, 0.5) is 0 Å². The van der Waals surface area contributed by atoms with Gasteiger partial charge in [0.1, 0.15) is 0 Å². The fourth-order valence-electron chi connectivity index (χ4n) is 1.32. The molecule has 0 bridgehead atoms. The average molecular weight is 251 g/mol. The van der Waals surface area contributed by atoms with Crippen molar-refractivity contribution in [2.24, 2.45) is 0 Å². The van der Waals surface area contributed by atoms with Gasteiger partial charge < -0.3 is 5.11 Å². The van der Waals surface area contributed by atoms with Gasteiger partial charge in [-0.1, -0.05) is 47.6 Å². The normalized spacial score (nSPS) is 10.4. The quantitative estimate of drug-likeness (QED) is 0.889. The van der Waals surface area contributed by atoms with Crippen LogP contribution in [0.3, 0.4) is 0 Å². The second kappa shape index (κ2) is 5.39. The van der Waals surface area contributed by atoms with Gasteiger partial charge in [-0.3, -0.25) is 0 Å². The van der Waals surface area contributed by atoms with Crippen LogP contribution in [0.1, 0.15) is 5.56 Å². The van der Waals surface area contributed by atoms with E-state index in [2.05, 4.69) is 0 Å². The summed E-state index contributed by atoms with van der Waals surface area (Å²) in [7, 11) is 0. The lowest BCUT2D eigenvalue weighted by molar-refractivity contribution is 0.282. The van der Waals surface area contributed by atoms with Crippen molar-refractivity contribution in [3.63, 3.8) is 0 Å². The second-order valence-corrected chi connectivity index (χ2v) is 4.86. The van der Waals surface area contributed by atoms with E-state index in [1.54, 1.807) is 11.8 Å². The van der Waals surface area contributed by atoms with E-state index in [0.29, 0.717) is 0 Å². The van der Waals surface area contributed by atoms with Crippen molar-refractivity contribution in [3.05, 3.63) is 59.1 Å². The zero-order valence-corrected chi connectivity index (χ0v) is 10.1. The smallest absolute Gasteiger partial charge is 0.0681 e. The summed E-state index contributed by atoms with van der Waals surface area (Å²) in [6.07, 6.45) is 0. The third kappa shape index (κ3) is 2.79. The molecule has 0 unspecified atom stereocenters. The van der Waals surface area contributed by atoms with Gasteiger partial charge in [-0.05, 0) is 29.8 Å². The molecule has 2 aromatic carbocycles. The minimum atomic E-state index is 0.0804. The Hall–Kier alpha value is -0.960. The highest BCUT2D eigenvalue weighted by Crippen LogP contribution is 2.32. The topological polar surface area (TPSA) is 20.2 Å². The lowest BCUT2D eigenvalue weighted by Gasteiger charge is -2.04. The second-order valence-electron chi connectivity index (χ2n) is 3.33. The maximum Gasteiger partial charge on any atom is 0.0681 e. The SMILES string of the molecule is OCc1ccc(Sc2ccccc2Cl)cc1. The molecule has 0 saturated heterocycles. The minimum Gasteiger partial charge on any atom is -0.392 e. The summed E-state index contributed by atoms with van der Waals surface area (Å²) in [4.78, 5) is 2.16. The summed E-state index contributed by atoms with van der Waals surface area (Å²) < 4.78 is 0. The molecule has 0 aromatic heterocycles. The molecule has 1 nitrogen and oxygen atoms in total. The molecule has 0 saturated carbocycles. The summed E-state index contributed by atoms with van der Waals surface area (Å²) >= 11 is 7.69. The van der Waals surface area contributed by atoms with E-state index in [4.69, 9.17) is 16.7 Å². The minimum absolute atomic E-state index is 0.0804. The van der Waals surface area contributed by atoms with E-state index >= 15 is 0 Å². The first-order valence-electron chi connectivity index (χ1n) is 4.92. The lowest BCUT2D eigenvalue weighted by atomic mass is 10.2. The molecule has 0 heterocycles. The van der Waals surface area contributed by atoms with Gasteiger partial charge in [0.05, 0.1) is 11.6 Å². The van der Waals surface area contributed by atoms with Crippen molar-refractivity contribution in [2.75, 3.05) is 0 Å². The number of hydrogen-bond acceptors (Lipinski definition) is 2. The fourth-order valence-corrected chi connectivity index (χ4v) is 2.41. The van der Waals surface area contributed by atoms with Crippen LogP contribution in [-0.4, -0.2) is 5.11 Å². The Morgan fingerprint density at radius 1 is 1.00 bits per heavy atom. The molecule has 3 heteroatoms. The highest BCUT2D eigenvalue weighted by molar-refractivity contribution is 7.99. The van der Waals surface area contributed by atoms with E-state index in [-0.39, 0.29) is 6.61 Å². The molecule has 0 atom stereocenters. The predicted octanol–water partition coefficient (Wildman–Crippen LogP) is 3.98. The number of aliphatic hydroxyl groups is 1. The number of benzene rings is 2. The Labute approximate surface area is 104 Å². The third-order valence-electron chi connectivity index (χ3n) is 2.17. The van der Waals surface area contributed by atoms with Crippen LogP contribution in [0.2, 0.25) is 5.02 Å². The first-order valence-corrected chi connectivity index (χ1v) is 6.11. The van der Waals surface area contributed by atoms with Crippen LogP contribution in [-0.2, 0) is 6.61 Å². The fraction of sp³-hybridized carbons (Fsp3) is 0.0769. The molecule has 0 aliphatic carbocycles. The molecule has 0 radical (unpaired) electrons. The van der Waals surface area contributed by atoms with Gasteiger partial charge in [-0.15, -0.1) is 0 Å². The molecule has 0 fully saturated rings. The first-order chi connectivity index (χ1) is 7.79. The van der Waals surface area contributed by atoms with E-state index in [9.17, 15) is 0 Å². The molecular formula is C13H11ClOS. The molecule has 1 N–H and O–H groups in total. The molecule has 82 valence electrons. The molecule has 0 aliphatic rings. The zero-order chi connectivity index (χ0) is 11.4. The van der Waals surface area contributed by atoms with Crippen molar-refractivity contribution in [1.29, 1.82) is 0 Å². The Kier molecular flexibility index (Phi) is 3.88. The number of hydrogen-bond donors (Lipinski definition) is 1. The summed E-state index contributed by atoms with van der Waals surface area (Å²) in [6.45, 7) is 0.0804. The van der Waals surface area contributed by atoms with Crippen molar-refractivity contribution in [2.45, 2.75) is 16.4 Å². The highest BCUT2D eigenvalue weighted by atomic mass is 35.5. The average Bonchev–Trinajstić information content (AvgIpc) is 2.33. The van der Waals surface area contributed by atoms with Crippen LogP contribution < -0.4 is 0 Å². The van der Waals surface area contributed by atoms with E-state index in [1.807, 2.05) is 48.5 Å². The third-order valence-corrected chi connectivity index (χ3v) is 3.70. The molecule has 0 aliphatic heterocycles. The zero-order valence-electron chi connectivity index (χ0n) is 8.56. The van der Waals surface area contributed by atoms with E-state index in [0.717, 1.165) is 20.4 Å². The standard InChI is InChI=1S/C13H11ClOS/c14-12-3-1-2-4-13(12)16-11-7-5-10(9-15)6-8-11/h1-8,15H,9H2. The lowest BCUT2D eigenvalue weighted by Crippen LogP contribution is -1.81. The predicted molar refractivity (Wildman–Crippen MR) is 67.9 cm³/mol. The van der Waals surface area contributed by atoms with Crippen molar-refractivity contribution in [3.8, 4) is 0 Å². The maximum absolute atomic E-state index is 8.93. The van der Waals surface area contributed by atoms with Crippen LogP contribution in [0.5, 0.6) is 0 Å². The molecule has 0 amide bonds. The van der Waals surface area contributed by atoms with Gasteiger partial charge in [0.15, 0.2) is 0 Å². The van der Waals surface area contributed by atoms with Crippen molar-refractivity contribution in [1.82, 2.24) is 0 Å². The highest BCUT2D eigenvalue weighted by Gasteiger charge is 2.01. The number of aliphatic hydroxyl groups excluding tert-OH is 1. The summed E-state index contributed by atoms with van der Waals surface area (Å²) in [5.41, 5.74) is 0.920. The van der Waals surface area contributed by atoms with E-state index < -0.39 is 0 Å². The van der Waals surface area contributed by atoms with Gasteiger partial charge in [-0.25, -0.2) is 0 Å². The van der Waals surface area contributed by atoms with Crippen LogP contribution >= 0.6 is 23.4 Å². The Morgan fingerprint density at radius 2 is 1.69 bits per heavy atom. The van der Waals surface area contributed by atoms with Gasteiger partial charge in [0, 0.05) is 9.79 Å². The number of rotatable bonds is 3. The molecule has 0 spiro atoms. The molecule has 16 heavy (non-hydrogen) atoms. The maximum atomic E-state index is 8.93. The van der Waals surface area contributed by atoms with Crippen LogP contribution in [0, 0.1) is 0 Å². The summed E-state index contributed by atoms with van der Waals surface area (Å²) in [5, 5.41) is 9.70.